The Hall–Kier alpha value is -0.120. The van der Waals surface area contributed by atoms with E-state index in [0.29, 0.717) is 12.0 Å². The maximum atomic E-state index is 5.89. The third kappa shape index (κ3) is 2.35. The van der Waals surface area contributed by atoms with Gasteiger partial charge in [-0.3, -0.25) is 9.80 Å². The molecule has 2 aliphatic heterocycles. The van der Waals surface area contributed by atoms with E-state index in [0.717, 1.165) is 12.6 Å². The fourth-order valence-corrected chi connectivity index (χ4v) is 3.16. The second-order valence-corrected chi connectivity index (χ2v) is 5.37. The van der Waals surface area contributed by atoms with Crippen LogP contribution in [-0.2, 0) is 0 Å². The molecule has 15 heavy (non-hydrogen) atoms. The van der Waals surface area contributed by atoms with E-state index in [2.05, 4.69) is 23.6 Å². The summed E-state index contributed by atoms with van der Waals surface area (Å²) in [7, 11) is 0. The van der Waals surface area contributed by atoms with Crippen LogP contribution in [0.15, 0.2) is 0 Å². The molecule has 2 fully saturated rings. The highest BCUT2D eigenvalue weighted by Gasteiger charge is 2.33. The number of piperazine rings is 1. The SMILES string of the molecule is CC(C)C(CN)N1CCN2CCCC2C1. The van der Waals surface area contributed by atoms with Gasteiger partial charge >= 0.3 is 0 Å². The summed E-state index contributed by atoms with van der Waals surface area (Å²) in [6.45, 7) is 10.4. The van der Waals surface area contributed by atoms with Gasteiger partial charge in [0.15, 0.2) is 0 Å². The minimum atomic E-state index is 0.591. The van der Waals surface area contributed by atoms with Gasteiger partial charge in [-0.05, 0) is 25.3 Å². The van der Waals surface area contributed by atoms with Gasteiger partial charge in [0.25, 0.3) is 0 Å². The van der Waals surface area contributed by atoms with Crippen LogP contribution >= 0.6 is 0 Å². The quantitative estimate of drug-likeness (QED) is 0.748. The summed E-state index contributed by atoms with van der Waals surface area (Å²) in [5, 5.41) is 0. The number of hydrogen-bond donors (Lipinski definition) is 1. The molecule has 0 bridgehead atoms. The molecular formula is C12H25N3. The average molecular weight is 211 g/mol. The molecule has 0 aromatic carbocycles. The minimum Gasteiger partial charge on any atom is -0.329 e. The molecule has 0 aromatic rings. The Morgan fingerprint density at radius 3 is 2.73 bits per heavy atom. The van der Waals surface area contributed by atoms with Gasteiger partial charge in [-0.15, -0.1) is 0 Å². The lowest BCUT2D eigenvalue weighted by Gasteiger charge is -2.42. The molecule has 2 unspecified atom stereocenters. The second kappa shape index (κ2) is 4.81. The highest BCUT2D eigenvalue weighted by Crippen LogP contribution is 2.23. The molecule has 2 rings (SSSR count). The molecule has 0 aromatic heterocycles. The van der Waals surface area contributed by atoms with Crippen LogP contribution in [0.3, 0.4) is 0 Å². The minimum absolute atomic E-state index is 0.591. The van der Waals surface area contributed by atoms with E-state index >= 15 is 0 Å². The Labute approximate surface area is 93.6 Å². The van der Waals surface area contributed by atoms with Crippen molar-refractivity contribution in [2.24, 2.45) is 11.7 Å². The first kappa shape index (κ1) is 11.4. The predicted molar refractivity (Wildman–Crippen MR) is 63.8 cm³/mol. The van der Waals surface area contributed by atoms with E-state index in [1.807, 2.05) is 0 Å². The Morgan fingerprint density at radius 2 is 2.07 bits per heavy atom. The number of nitrogens with two attached hydrogens (primary N) is 1. The maximum Gasteiger partial charge on any atom is 0.0242 e. The molecule has 2 saturated heterocycles. The Morgan fingerprint density at radius 1 is 1.27 bits per heavy atom. The highest BCUT2D eigenvalue weighted by molar-refractivity contribution is 4.90. The highest BCUT2D eigenvalue weighted by atomic mass is 15.3. The molecule has 3 heteroatoms. The predicted octanol–water partition coefficient (Wildman–Crippen LogP) is 0.750. The molecule has 2 N–H and O–H groups in total. The van der Waals surface area contributed by atoms with E-state index in [1.165, 1.54) is 39.0 Å². The normalized spacial score (nSPS) is 30.8. The van der Waals surface area contributed by atoms with Gasteiger partial charge in [-0.1, -0.05) is 13.8 Å². The van der Waals surface area contributed by atoms with Crippen molar-refractivity contribution >= 4 is 0 Å². The van der Waals surface area contributed by atoms with Crippen molar-refractivity contribution in [2.75, 3.05) is 32.7 Å². The molecule has 0 amide bonds. The first-order chi connectivity index (χ1) is 7.22. The van der Waals surface area contributed by atoms with Crippen LogP contribution in [0.5, 0.6) is 0 Å². The van der Waals surface area contributed by atoms with Gasteiger partial charge in [0.05, 0.1) is 0 Å². The lowest BCUT2D eigenvalue weighted by molar-refractivity contribution is 0.0578. The number of fused-ring (bicyclic) bond motifs is 1. The molecule has 3 nitrogen and oxygen atoms in total. The molecule has 2 aliphatic rings. The summed E-state index contributed by atoms with van der Waals surface area (Å²) in [4.78, 5) is 5.28. The van der Waals surface area contributed by atoms with Crippen molar-refractivity contribution in [1.29, 1.82) is 0 Å². The van der Waals surface area contributed by atoms with Crippen molar-refractivity contribution in [2.45, 2.75) is 38.8 Å². The molecule has 0 spiro atoms. The van der Waals surface area contributed by atoms with E-state index in [4.69, 9.17) is 5.73 Å². The monoisotopic (exact) mass is 211 g/mol. The van der Waals surface area contributed by atoms with Crippen LogP contribution < -0.4 is 5.73 Å². The first-order valence-electron chi connectivity index (χ1n) is 6.40. The zero-order valence-corrected chi connectivity index (χ0v) is 10.2. The zero-order valence-electron chi connectivity index (χ0n) is 10.2. The molecule has 2 heterocycles. The number of hydrogen-bond acceptors (Lipinski definition) is 3. The summed E-state index contributed by atoms with van der Waals surface area (Å²) in [6.07, 6.45) is 2.79. The Balaban J connectivity index is 1.93. The third-order valence-electron chi connectivity index (χ3n) is 4.10. The maximum absolute atomic E-state index is 5.89. The van der Waals surface area contributed by atoms with Crippen molar-refractivity contribution < 1.29 is 0 Å². The molecule has 0 aliphatic carbocycles. The standard InChI is InChI=1S/C12H25N3/c1-10(2)12(8-13)15-7-6-14-5-3-4-11(14)9-15/h10-12H,3-9,13H2,1-2H3. The van der Waals surface area contributed by atoms with E-state index in [9.17, 15) is 0 Å². The molecule has 0 saturated carbocycles. The largest absolute Gasteiger partial charge is 0.329 e. The van der Waals surface area contributed by atoms with Gasteiger partial charge in [0.2, 0.25) is 0 Å². The van der Waals surface area contributed by atoms with Crippen molar-refractivity contribution in [3.05, 3.63) is 0 Å². The van der Waals surface area contributed by atoms with Crippen LogP contribution in [0.1, 0.15) is 26.7 Å². The van der Waals surface area contributed by atoms with E-state index in [-0.39, 0.29) is 0 Å². The van der Waals surface area contributed by atoms with E-state index in [1.54, 1.807) is 0 Å². The first-order valence-corrected chi connectivity index (χ1v) is 6.40. The van der Waals surface area contributed by atoms with Crippen LogP contribution in [0, 0.1) is 5.92 Å². The van der Waals surface area contributed by atoms with Crippen LogP contribution in [0.4, 0.5) is 0 Å². The topological polar surface area (TPSA) is 32.5 Å². The van der Waals surface area contributed by atoms with Gasteiger partial charge in [-0.2, -0.15) is 0 Å². The second-order valence-electron chi connectivity index (χ2n) is 5.37. The van der Waals surface area contributed by atoms with Crippen molar-refractivity contribution in [1.82, 2.24) is 9.80 Å². The Kier molecular flexibility index (Phi) is 3.65. The van der Waals surface area contributed by atoms with Gasteiger partial charge in [0, 0.05) is 38.3 Å². The molecule has 0 radical (unpaired) electrons. The summed E-state index contributed by atoms with van der Waals surface area (Å²) in [5.74, 6) is 0.683. The lowest BCUT2D eigenvalue weighted by atomic mass is 10.0. The summed E-state index contributed by atoms with van der Waals surface area (Å²) < 4.78 is 0. The van der Waals surface area contributed by atoms with Crippen LogP contribution in [0.25, 0.3) is 0 Å². The molecule has 2 atom stereocenters. The van der Waals surface area contributed by atoms with Crippen LogP contribution in [0.2, 0.25) is 0 Å². The van der Waals surface area contributed by atoms with E-state index < -0.39 is 0 Å². The van der Waals surface area contributed by atoms with Gasteiger partial charge in [0.1, 0.15) is 0 Å². The molecular weight excluding hydrogens is 186 g/mol. The smallest absolute Gasteiger partial charge is 0.0242 e. The van der Waals surface area contributed by atoms with Gasteiger partial charge < -0.3 is 5.73 Å². The van der Waals surface area contributed by atoms with Crippen molar-refractivity contribution in [3.8, 4) is 0 Å². The lowest BCUT2D eigenvalue weighted by Crippen LogP contribution is -2.56. The van der Waals surface area contributed by atoms with Crippen molar-refractivity contribution in [3.63, 3.8) is 0 Å². The number of rotatable bonds is 3. The fourth-order valence-electron chi connectivity index (χ4n) is 3.16. The van der Waals surface area contributed by atoms with Gasteiger partial charge in [-0.25, -0.2) is 0 Å². The molecule has 88 valence electrons. The summed E-state index contributed by atoms with van der Waals surface area (Å²) in [6, 6.07) is 1.42. The summed E-state index contributed by atoms with van der Waals surface area (Å²) >= 11 is 0. The number of nitrogens with zero attached hydrogens (tertiary/aromatic N) is 2. The average Bonchev–Trinajstić information content (AvgIpc) is 2.65. The van der Waals surface area contributed by atoms with Crippen LogP contribution in [-0.4, -0.2) is 54.6 Å². The Bertz CT molecular complexity index is 205. The summed E-state index contributed by atoms with van der Waals surface area (Å²) in [5.41, 5.74) is 5.89. The third-order valence-corrected chi connectivity index (χ3v) is 4.10. The fraction of sp³-hybridized carbons (Fsp3) is 1.00. The zero-order chi connectivity index (χ0) is 10.8.